The minimum atomic E-state index is -1.15. The molecular weight excluding hydrogens is 466 g/mol. The molecular formula is C26H43N3O7. The first-order valence-electron chi connectivity index (χ1n) is 13.5. The summed E-state index contributed by atoms with van der Waals surface area (Å²) in [6.45, 7) is 5.70. The summed E-state index contributed by atoms with van der Waals surface area (Å²) in [6, 6.07) is -2.64. The van der Waals surface area contributed by atoms with Crippen LogP contribution in [0, 0.1) is 11.3 Å². The van der Waals surface area contributed by atoms with Crippen molar-refractivity contribution < 1.29 is 33.8 Å². The third-order valence-corrected chi connectivity index (χ3v) is 7.62. The number of carboxylic acid groups (broad SMARTS) is 1. The number of rotatable bonds is 1. The maximum Gasteiger partial charge on any atom is 0.407 e. The highest BCUT2D eigenvalue weighted by Gasteiger charge is 2.45. The van der Waals surface area contributed by atoms with Gasteiger partial charge in [-0.3, -0.25) is 4.79 Å². The molecule has 3 N–H and O–H groups in total. The number of cyclic esters (lactones) is 1. The second kappa shape index (κ2) is 12.6. The molecule has 2 saturated heterocycles. The third-order valence-electron chi connectivity index (χ3n) is 7.62. The Morgan fingerprint density at radius 3 is 2.25 bits per heavy atom. The van der Waals surface area contributed by atoms with Crippen LogP contribution in [0.2, 0.25) is 0 Å². The SMILES string of the molecule is CC(C)(C)[C@@H]1NC(=O)OCCCCCCCC2CCCCC2OC(=O)NC2C[C@@H](C(=O)O)N(C2)C1=O. The van der Waals surface area contributed by atoms with Gasteiger partial charge < -0.3 is 30.1 Å². The number of carbonyl (C=O) groups is 4. The Kier molecular flexibility index (Phi) is 9.84. The van der Waals surface area contributed by atoms with Crippen LogP contribution in [0.15, 0.2) is 0 Å². The lowest BCUT2D eigenvalue weighted by Crippen LogP contribution is -2.57. The van der Waals surface area contributed by atoms with Crippen molar-refractivity contribution in [2.24, 2.45) is 11.3 Å². The maximum atomic E-state index is 13.5. The predicted molar refractivity (Wildman–Crippen MR) is 132 cm³/mol. The Morgan fingerprint density at radius 2 is 1.56 bits per heavy atom. The fourth-order valence-corrected chi connectivity index (χ4v) is 5.59. The number of nitrogens with zero attached hydrogens (tertiary/aromatic N) is 1. The molecule has 2 aliphatic heterocycles. The Balaban J connectivity index is 1.77. The Morgan fingerprint density at radius 1 is 0.917 bits per heavy atom. The van der Waals surface area contributed by atoms with Crippen LogP contribution in [-0.4, -0.2) is 71.5 Å². The van der Waals surface area contributed by atoms with Crippen LogP contribution in [0.3, 0.4) is 0 Å². The minimum absolute atomic E-state index is 0.0301. The first kappa shape index (κ1) is 28.1. The number of nitrogens with one attached hydrogen (secondary N) is 2. The topological polar surface area (TPSA) is 134 Å². The zero-order chi connectivity index (χ0) is 26.3. The van der Waals surface area contributed by atoms with Gasteiger partial charge in [-0.15, -0.1) is 0 Å². The van der Waals surface area contributed by atoms with Crippen molar-refractivity contribution in [2.75, 3.05) is 13.2 Å². The van der Waals surface area contributed by atoms with Crippen molar-refractivity contribution in [2.45, 2.75) is 116 Å². The molecule has 0 aromatic carbocycles. The summed E-state index contributed by atoms with van der Waals surface area (Å²) in [6.07, 6.45) is 8.64. The summed E-state index contributed by atoms with van der Waals surface area (Å²) in [5, 5.41) is 15.3. The second-order valence-electron chi connectivity index (χ2n) is 11.5. The van der Waals surface area contributed by atoms with E-state index in [4.69, 9.17) is 9.47 Å². The Hall–Kier alpha value is -2.52. The normalized spacial score (nSPS) is 31.8. The van der Waals surface area contributed by atoms with Gasteiger partial charge in [0.15, 0.2) is 0 Å². The molecule has 0 aromatic rings. The van der Waals surface area contributed by atoms with Gasteiger partial charge in [0.25, 0.3) is 0 Å². The lowest BCUT2D eigenvalue weighted by molar-refractivity contribution is -0.150. The molecule has 1 aliphatic carbocycles. The molecule has 0 spiro atoms. The van der Waals surface area contributed by atoms with Crippen LogP contribution in [0.4, 0.5) is 9.59 Å². The summed E-state index contributed by atoms with van der Waals surface area (Å²) in [5.74, 6) is -1.32. The van der Waals surface area contributed by atoms with E-state index in [-0.39, 0.29) is 25.7 Å². The van der Waals surface area contributed by atoms with E-state index in [1.165, 1.54) is 4.90 Å². The van der Waals surface area contributed by atoms with Crippen molar-refractivity contribution in [3.63, 3.8) is 0 Å². The minimum Gasteiger partial charge on any atom is -0.480 e. The summed E-state index contributed by atoms with van der Waals surface area (Å²) in [7, 11) is 0. The molecule has 204 valence electrons. The molecule has 1 saturated carbocycles. The fraction of sp³-hybridized carbons (Fsp3) is 0.846. The van der Waals surface area contributed by atoms with Gasteiger partial charge in [-0.05, 0) is 43.4 Å². The van der Waals surface area contributed by atoms with Gasteiger partial charge in [-0.25, -0.2) is 14.4 Å². The number of hydrogen-bond acceptors (Lipinski definition) is 6. The monoisotopic (exact) mass is 509 g/mol. The molecule has 3 rings (SSSR count). The maximum absolute atomic E-state index is 13.5. The average molecular weight is 510 g/mol. The largest absolute Gasteiger partial charge is 0.480 e. The van der Waals surface area contributed by atoms with E-state index >= 15 is 0 Å². The van der Waals surface area contributed by atoms with Crippen LogP contribution in [0.1, 0.15) is 91.4 Å². The number of ether oxygens (including phenoxy) is 2. The standard InChI is InChI=1S/C26H43N3O7/c1-26(2,3)21-22(30)29-16-18(15-19(29)23(31)32)27-25(34)36-20-13-9-8-12-17(20)11-7-5-4-6-10-14-35-24(33)28-21/h17-21H,4-16H2,1-3H3,(H,27,34)(H,28,33)(H,31,32)/t17?,18?,19-,20?,21+/m0/s1. The molecule has 0 radical (unpaired) electrons. The van der Waals surface area contributed by atoms with Crippen molar-refractivity contribution in [1.29, 1.82) is 0 Å². The Labute approximate surface area is 213 Å². The molecule has 2 bridgehead atoms. The van der Waals surface area contributed by atoms with Crippen molar-refractivity contribution in [1.82, 2.24) is 15.5 Å². The molecule has 0 aromatic heterocycles. The third kappa shape index (κ3) is 7.74. The van der Waals surface area contributed by atoms with Crippen LogP contribution >= 0.6 is 0 Å². The number of carbonyl (C=O) groups excluding carboxylic acids is 3. The van der Waals surface area contributed by atoms with Gasteiger partial charge in [0, 0.05) is 13.0 Å². The van der Waals surface area contributed by atoms with E-state index < -0.39 is 47.6 Å². The second-order valence-corrected chi connectivity index (χ2v) is 11.5. The molecule has 3 amide bonds. The van der Waals surface area contributed by atoms with Crippen LogP contribution in [0.25, 0.3) is 0 Å². The van der Waals surface area contributed by atoms with E-state index in [0.717, 1.165) is 64.2 Å². The van der Waals surface area contributed by atoms with E-state index in [0.29, 0.717) is 5.92 Å². The van der Waals surface area contributed by atoms with Crippen molar-refractivity contribution >= 4 is 24.1 Å². The zero-order valence-corrected chi connectivity index (χ0v) is 21.9. The van der Waals surface area contributed by atoms with E-state index in [9.17, 15) is 24.3 Å². The number of aliphatic carboxylic acids is 1. The zero-order valence-electron chi connectivity index (χ0n) is 21.9. The van der Waals surface area contributed by atoms with Crippen molar-refractivity contribution in [3.8, 4) is 0 Å². The van der Waals surface area contributed by atoms with Crippen LogP contribution in [-0.2, 0) is 19.1 Å². The molecule has 10 heteroatoms. The van der Waals surface area contributed by atoms with Crippen LogP contribution in [0.5, 0.6) is 0 Å². The summed E-state index contributed by atoms with van der Waals surface area (Å²) in [5.41, 5.74) is -0.684. The molecule has 3 unspecified atom stereocenters. The highest BCUT2D eigenvalue weighted by atomic mass is 16.6. The number of carboxylic acids is 1. The molecule has 3 aliphatic rings. The van der Waals surface area contributed by atoms with Gasteiger partial charge in [-0.1, -0.05) is 52.9 Å². The number of fused-ring (bicyclic) bond motifs is 3. The lowest BCUT2D eigenvalue weighted by Gasteiger charge is -2.34. The first-order chi connectivity index (χ1) is 17.1. The van der Waals surface area contributed by atoms with Gasteiger partial charge in [0.2, 0.25) is 5.91 Å². The van der Waals surface area contributed by atoms with E-state index in [2.05, 4.69) is 10.6 Å². The van der Waals surface area contributed by atoms with Gasteiger partial charge >= 0.3 is 18.2 Å². The molecule has 36 heavy (non-hydrogen) atoms. The number of hydrogen-bond donors (Lipinski definition) is 3. The van der Waals surface area contributed by atoms with Gasteiger partial charge in [0.05, 0.1) is 12.6 Å². The molecule has 5 atom stereocenters. The summed E-state index contributed by atoms with van der Waals surface area (Å²) in [4.78, 5) is 52.0. The van der Waals surface area contributed by atoms with E-state index in [1.807, 2.05) is 0 Å². The predicted octanol–water partition coefficient (Wildman–Crippen LogP) is 3.82. The fourth-order valence-electron chi connectivity index (χ4n) is 5.59. The highest BCUT2D eigenvalue weighted by Crippen LogP contribution is 2.32. The molecule has 2 heterocycles. The highest BCUT2D eigenvalue weighted by molar-refractivity contribution is 5.90. The number of alkyl carbamates (subject to hydrolysis) is 2. The van der Waals surface area contributed by atoms with Crippen molar-refractivity contribution in [3.05, 3.63) is 0 Å². The molecule has 3 fully saturated rings. The van der Waals surface area contributed by atoms with E-state index in [1.54, 1.807) is 20.8 Å². The summed E-state index contributed by atoms with van der Waals surface area (Å²) >= 11 is 0. The first-order valence-corrected chi connectivity index (χ1v) is 13.5. The smallest absolute Gasteiger partial charge is 0.407 e. The van der Waals surface area contributed by atoms with Gasteiger partial charge in [-0.2, -0.15) is 0 Å². The average Bonchev–Trinajstić information content (AvgIpc) is 3.22. The lowest BCUT2D eigenvalue weighted by atomic mass is 9.83. The van der Waals surface area contributed by atoms with Gasteiger partial charge in [0.1, 0.15) is 18.2 Å². The molecule has 10 nitrogen and oxygen atoms in total. The quantitative estimate of drug-likeness (QED) is 0.489. The summed E-state index contributed by atoms with van der Waals surface area (Å²) < 4.78 is 11.1. The van der Waals surface area contributed by atoms with Crippen LogP contribution < -0.4 is 10.6 Å². The number of amides is 3. The Bertz CT molecular complexity index is 797.